The van der Waals surface area contributed by atoms with Crippen LogP contribution in [-0.4, -0.2) is 46.8 Å². The summed E-state index contributed by atoms with van der Waals surface area (Å²) in [6.45, 7) is 2.70. The van der Waals surface area contributed by atoms with Gasteiger partial charge in [-0.2, -0.15) is 0 Å². The second kappa shape index (κ2) is 6.15. The van der Waals surface area contributed by atoms with Crippen molar-refractivity contribution in [2.45, 2.75) is 37.9 Å². The van der Waals surface area contributed by atoms with Crippen LogP contribution in [0.1, 0.15) is 24.8 Å². The monoisotopic (exact) mass is 292 g/mol. The van der Waals surface area contributed by atoms with Gasteiger partial charge in [0.25, 0.3) is 0 Å². The first-order chi connectivity index (χ1) is 9.78. The van der Waals surface area contributed by atoms with Gasteiger partial charge in [-0.05, 0) is 24.8 Å². The van der Waals surface area contributed by atoms with Crippen LogP contribution in [0, 0.1) is 0 Å². The van der Waals surface area contributed by atoms with E-state index in [4.69, 9.17) is 11.6 Å². The molecule has 1 aliphatic carbocycles. The summed E-state index contributed by atoms with van der Waals surface area (Å²) in [5.74, 6) is 0.180. The van der Waals surface area contributed by atoms with E-state index in [-0.39, 0.29) is 11.8 Å². The smallest absolute Gasteiger partial charge is 0.237 e. The number of benzene rings is 1. The molecule has 0 bridgehead atoms. The molecule has 4 heteroatoms. The molecule has 1 saturated carbocycles. The van der Waals surface area contributed by atoms with E-state index in [0.29, 0.717) is 12.1 Å². The molecule has 2 aliphatic rings. The fraction of sp³-hybridized carbons (Fsp3) is 0.562. The van der Waals surface area contributed by atoms with Crippen LogP contribution in [0.5, 0.6) is 0 Å². The number of halogens is 1. The van der Waals surface area contributed by atoms with Gasteiger partial charge in [0.1, 0.15) is 5.88 Å². The number of carbonyl (C=O) groups excluding carboxylic acids is 1. The summed E-state index contributed by atoms with van der Waals surface area (Å²) in [4.78, 5) is 16.2. The molecule has 0 radical (unpaired) electrons. The number of amides is 1. The molecule has 0 aromatic heterocycles. The quantitative estimate of drug-likeness (QED) is 0.779. The third kappa shape index (κ3) is 3.15. The highest BCUT2D eigenvalue weighted by Gasteiger charge is 2.37. The van der Waals surface area contributed by atoms with Crippen LogP contribution in [0.15, 0.2) is 30.3 Å². The average molecular weight is 293 g/mol. The Labute approximate surface area is 125 Å². The average Bonchev–Trinajstić information content (AvgIpc) is 3.21. The highest BCUT2D eigenvalue weighted by Crippen LogP contribution is 2.32. The van der Waals surface area contributed by atoms with Gasteiger partial charge in [-0.15, -0.1) is 11.6 Å². The lowest BCUT2D eigenvalue weighted by Gasteiger charge is -2.29. The molecule has 108 valence electrons. The zero-order valence-electron chi connectivity index (χ0n) is 11.7. The lowest BCUT2D eigenvalue weighted by molar-refractivity contribution is -0.127. The third-order valence-corrected chi connectivity index (χ3v) is 4.55. The molecule has 1 amide bonds. The Balaban J connectivity index is 1.65. The molecule has 20 heavy (non-hydrogen) atoms. The predicted octanol–water partition coefficient (Wildman–Crippen LogP) is 2.49. The molecule has 1 aromatic rings. The predicted molar refractivity (Wildman–Crippen MR) is 80.7 cm³/mol. The number of rotatable bonds is 5. The van der Waals surface area contributed by atoms with Gasteiger partial charge in [0, 0.05) is 31.7 Å². The molecule has 0 spiro atoms. The number of carbonyl (C=O) groups is 1. The van der Waals surface area contributed by atoms with E-state index in [1.807, 2.05) is 4.90 Å². The molecule has 1 heterocycles. The summed E-state index contributed by atoms with van der Waals surface area (Å²) in [6.07, 6.45) is 3.67. The Morgan fingerprint density at radius 3 is 2.60 bits per heavy atom. The van der Waals surface area contributed by atoms with Gasteiger partial charge in [-0.1, -0.05) is 30.3 Å². The maximum Gasteiger partial charge on any atom is 0.237 e. The van der Waals surface area contributed by atoms with Gasteiger partial charge in [0.2, 0.25) is 5.91 Å². The van der Waals surface area contributed by atoms with Gasteiger partial charge in [0.15, 0.2) is 0 Å². The summed E-state index contributed by atoms with van der Waals surface area (Å²) < 4.78 is 0. The molecule has 0 unspecified atom stereocenters. The Bertz CT molecular complexity index is 461. The molecule has 1 aromatic carbocycles. The Kier molecular flexibility index (Phi) is 4.27. The minimum absolute atomic E-state index is 0.0737. The summed E-state index contributed by atoms with van der Waals surface area (Å²) in [6, 6.07) is 11.8. The Morgan fingerprint density at radius 1 is 1.20 bits per heavy atom. The van der Waals surface area contributed by atoms with E-state index in [0.717, 1.165) is 26.1 Å². The molecule has 3 rings (SSSR count). The Hall–Kier alpha value is -1.06. The fourth-order valence-corrected chi connectivity index (χ4v) is 3.25. The SMILES string of the molecule is O=C(CCl)N1CC[C@H](N(Cc2ccccc2)C2CC2)C1. The molecule has 1 aliphatic heterocycles. The summed E-state index contributed by atoms with van der Waals surface area (Å²) >= 11 is 5.66. The van der Waals surface area contributed by atoms with Crippen LogP contribution in [0.4, 0.5) is 0 Å². The van der Waals surface area contributed by atoms with Crippen molar-refractivity contribution in [2.24, 2.45) is 0 Å². The van der Waals surface area contributed by atoms with Crippen molar-refractivity contribution in [3.05, 3.63) is 35.9 Å². The van der Waals surface area contributed by atoms with Gasteiger partial charge < -0.3 is 4.90 Å². The van der Waals surface area contributed by atoms with Crippen LogP contribution < -0.4 is 0 Å². The van der Waals surface area contributed by atoms with E-state index < -0.39 is 0 Å². The van der Waals surface area contributed by atoms with Crippen LogP contribution in [0.3, 0.4) is 0 Å². The van der Waals surface area contributed by atoms with Crippen LogP contribution >= 0.6 is 11.6 Å². The second-order valence-electron chi connectivity index (χ2n) is 5.80. The summed E-state index contributed by atoms with van der Waals surface area (Å²) in [7, 11) is 0. The highest BCUT2D eigenvalue weighted by atomic mass is 35.5. The maximum absolute atomic E-state index is 11.7. The van der Waals surface area contributed by atoms with Crippen molar-refractivity contribution in [2.75, 3.05) is 19.0 Å². The van der Waals surface area contributed by atoms with Gasteiger partial charge in [-0.25, -0.2) is 0 Å². The van der Waals surface area contributed by atoms with Crippen molar-refractivity contribution >= 4 is 17.5 Å². The first kappa shape index (κ1) is 13.9. The molecular weight excluding hydrogens is 272 g/mol. The molecule has 2 fully saturated rings. The highest BCUT2D eigenvalue weighted by molar-refractivity contribution is 6.27. The van der Waals surface area contributed by atoms with E-state index in [9.17, 15) is 4.79 Å². The minimum Gasteiger partial charge on any atom is -0.340 e. The van der Waals surface area contributed by atoms with Crippen molar-refractivity contribution < 1.29 is 4.79 Å². The number of nitrogens with zero attached hydrogens (tertiary/aromatic N) is 2. The van der Waals surface area contributed by atoms with E-state index >= 15 is 0 Å². The molecule has 0 N–H and O–H groups in total. The van der Waals surface area contributed by atoms with Crippen LogP contribution in [-0.2, 0) is 11.3 Å². The fourth-order valence-electron chi connectivity index (χ4n) is 3.08. The number of hydrogen-bond donors (Lipinski definition) is 0. The van der Waals surface area contributed by atoms with Gasteiger partial charge in [-0.3, -0.25) is 9.69 Å². The zero-order valence-corrected chi connectivity index (χ0v) is 12.4. The van der Waals surface area contributed by atoms with Gasteiger partial charge >= 0.3 is 0 Å². The second-order valence-corrected chi connectivity index (χ2v) is 6.07. The molecular formula is C16H21ClN2O. The minimum atomic E-state index is 0.0737. The summed E-state index contributed by atoms with van der Waals surface area (Å²) in [5.41, 5.74) is 1.36. The largest absolute Gasteiger partial charge is 0.340 e. The zero-order chi connectivity index (χ0) is 13.9. The maximum atomic E-state index is 11.7. The van der Waals surface area contributed by atoms with Gasteiger partial charge in [0.05, 0.1) is 0 Å². The first-order valence-electron chi connectivity index (χ1n) is 7.41. The van der Waals surface area contributed by atoms with E-state index in [1.165, 1.54) is 18.4 Å². The van der Waals surface area contributed by atoms with E-state index in [1.54, 1.807) is 0 Å². The van der Waals surface area contributed by atoms with Crippen molar-refractivity contribution in [3.8, 4) is 0 Å². The standard InChI is InChI=1S/C16H21ClN2O/c17-10-16(20)18-9-8-15(12-18)19(14-6-7-14)11-13-4-2-1-3-5-13/h1-5,14-15H,6-12H2/t15-/m0/s1. The summed E-state index contributed by atoms with van der Waals surface area (Å²) in [5, 5.41) is 0. The van der Waals surface area contributed by atoms with Crippen LogP contribution in [0.2, 0.25) is 0 Å². The van der Waals surface area contributed by atoms with Crippen molar-refractivity contribution in [3.63, 3.8) is 0 Å². The number of likely N-dealkylation sites (tertiary alicyclic amines) is 1. The molecule has 3 nitrogen and oxygen atoms in total. The molecule has 1 atom stereocenters. The van der Waals surface area contributed by atoms with E-state index in [2.05, 4.69) is 35.2 Å². The number of alkyl halides is 1. The first-order valence-corrected chi connectivity index (χ1v) is 7.95. The number of hydrogen-bond acceptors (Lipinski definition) is 2. The normalized spacial score (nSPS) is 22.5. The lowest BCUT2D eigenvalue weighted by Crippen LogP contribution is -2.40. The Morgan fingerprint density at radius 2 is 1.95 bits per heavy atom. The van der Waals surface area contributed by atoms with Crippen molar-refractivity contribution in [1.82, 2.24) is 9.80 Å². The topological polar surface area (TPSA) is 23.6 Å². The molecule has 1 saturated heterocycles. The lowest BCUT2D eigenvalue weighted by atomic mass is 10.1. The van der Waals surface area contributed by atoms with Crippen LogP contribution in [0.25, 0.3) is 0 Å². The van der Waals surface area contributed by atoms with Crippen molar-refractivity contribution in [1.29, 1.82) is 0 Å². The third-order valence-electron chi connectivity index (χ3n) is 4.32.